The number of hydrogen-bond acceptors (Lipinski definition) is 5. The highest BCUT2D eigenvalue weighted by atomic mass is 16.6. The Morgan fingerprint density at radius 3 is 2.89 bits per heavy atom. The fourth-order valence-electron chi connectivity index (χ4n) is 1.35. The number of nitrogens with two attached hydrogens (primary N) is 1. The van der Waals surface area contributed by atoms with Gasteiger partial charge in [-0.1, -0.05) is 22.4 Å². The lowest BCUT2D eigenvalue weighted by Gasteiger charge is -2.02. The minimum Gasteiger partial charge on any atom is -0.478 e. The number of aromatic nitrogens is 1. The van der Waals surface area contributed by atoms with Crippen molar-refractivity contribution >= 4 is 11.8 Å². The molecule has 0 fully saturated rings. The molecule has 19 heavy (non-hydrogen) atoms. The predicted octanol–water partition coefficient (Wildman–Crippen LogP) is 1.21. The largest absolute Gasteiger partial charge is 0.478 e. The second-order valence-electron chi connectivity index (χ2n) is 3.61. The standard InChI is InChI=1S/C12H11N3O4/c13-11(15-18-7-10-4-5-14-19-10)8-2-1-3-9(6-8)12(16)17/h1-6H,7H2,(H2,13,15)(H,16,17). The molecule has 0 amide bonds. The van der Waals surface area contributed by atoms with E-state index in [0.29, 0.717) is 11.3 Å². The molecule has 98 valence electrons. The second-order valence-corrected chi connectivity index (χ2v) is 3.61. The molecule has 2 rings (SSSR count). The van der Waals surface area contributed by atoms with Gasteiger partial charge in [-0.05, 0) is 12.1 Å². The van der Waals surface area contributed by atoms with Crippen LogP contribution in [0.4, 0.5) is 0 Å². The predicted molar refractivity (Wildman–Crippen MR) is 65.4 cm³/mol. The average molecular weight is 261 g/mol. The molecule has 0 aliphatic heterocycles. The number of benzene rings is 1. The Labute approximate surface area is 108 Å². The molecule has 0 atom stereocenters. The van der Waals surface area contributed by atoms with Gasteiger partial charge in [-0.3, -0.25) is 0 Å². The fraction of sp³-hybridized carbons (Fsp3) is 0.0833. The van der Waals surface area contributed by atoms with E-state index < -0.39 is 5.97 Å². The molecule has 3 N–H and O–H groups in total. The quantitative estimate of drug-likeness (QED) is 0.475. The molecule has 1 aromatic heterocycles. The highest BCUT2D eigenvalue weighted by molar-refractivity contribution is 5.99. The Morgan fingerprint density at radius 2 is 2.21 bits per heavy atom. The van der Waals surface area contributed by atoms with Crippen molar-refractivity contribution in [3.8, 4) is 0 Å². The molecular weight excluding hydrogens is 250 g/mol. The Morgan fingerprint density at radius 1 is 1.42 bits per heavy atom. The Bertz CT molecular complexity index is 593. The Kier molecular flexibility index (Phi) is 3.77. The summed E-state index contributed by atoms with van der Waals surface area (Å²) >= 11 is 0. The number of carboxylic acid groups (broad SMARTS) is 1. The monoisotopic (exact) mass is 261 g/mol. The van der Waals surface area contributed by atoms with Crippen molar-refractivity contribution in [1.82, 2.24) is 5.16 Å². The van der Waals surface area contributed by atoms with Gasteiger partial charge in [0.25, 0.3) is 0 Å². The van der Waals surface area contributed by atoms with Crippen LogP contribution in [-0.2, 0) is 11.4 Å². The first-order chi connectivity index (χ1) is 9.16. The first-order valence-electron chi connectivity index (χ1n) is 5.35. The molecular formula is C12H11N3O4. The molecule has 7 nitrogen and oxygen atoms in total. The van der Waals surface area contributed by atoms with Crippen LogP contribution in [0.2, 0.25) is 0 Å². The maximum atomic E-state index is 10.8. The molecule has 7 heteroatoms. The summed E-state index contributed by atoms with van der Waals surface area (Å²) in [5, 5.41) is 16.1. The summed E-state index contributed by atoms with van der Waals surface area (Å²) in [5.41, 5.74) is 6.29. The molecule has 1 aromatic carbocycles. The van der Waals surface area contributed by atoms with Gasteiger partial charge in [-0.15, -0.1) is 0 Å². The minimum atomic E-state index is -1.03. The van der Waals surface area contributed by atoms with Crippen molar-refractivity contribution in [3.63, 3.8) is 0 Å². The zero-order chi connectivity index (χ0) is 13.7. The van der Waals surface area contributed by atoms with Gasteiger partial charge in [-0.25, -0.2) is 4.79 Å². The SMILES string of the molecule is N/C(=N\OCc1ccno1)c1cccc(C(=O)O)c1. The van der Waals surface area contributed by atoms with Crippen LogP contribution >= 0.6 is 0 Å². The molecule has 0 bridgehead atoms. The summed E-state index contributed by atoms with van der Waals surface area (Å²) in [6, 6.07) is 7.74. The molecule has 0 radical (unpaired) electrons. The van der Waals surface area contributed by atoms with Gasteiger partial charge < -0.3 is 20.2 Å². The van der Waals surface area contributed by atoms with Crippen LogP contribution in [0.15, 0.2) is 46.2 Å². The van der Waals surface area contributed by atoms with E-state index in [2.05, 4.69) is 10.3 Å². The fourth-order valence-corrected chi connectivity index (χ4v) is 1.35. The smallest absolute Gasteiger partial charge is 0.335 e. The van der Waals surface area contributed by atoms with E-state index >= 15 is 0 Å². The lowest BCUT2D eigenvalue weighted by molar-refractivity contribution is 0.0697. The maximum absolute atomic E-state index is 10.8. The summed E-state index contributed by atoms with van der Waals surface area (Å²) in [5.74, 6) is -0.435. The van der Waals surface area contributed by atoms with Crippen molar-refractivity contribution in [2.45, 2.75) is 6.61 Å². The highest BCUT2D eigenvalue weighted by Gasteiger charge is 2.06. The number of carboxylic acids is 1. The molecule has 1 heterocycles. The number of nitrogens with zero attached hydrogens (tertiary/aromatic N) is 2. The van der Waals surface area contributed by atoms with Crippen LogP contribution in [0.1, 0.15) is 21.7 Å². The molecule has 2 aromatic rings. The molecule has 0 saturated carbocycles. The molecule has 0 aliphatic carbocycles. The van der Waals surface area contributed by atoms with E-state index in [9.17, 15) is 4.79 Å². The number of carbonyl (C=O) groups is 1. The lowest BCUT2D eigenvalue weighted by atomic mass is 10.1. The van der Waals surface area contributed by atoms with Gasteiger partial charge in [0.1, 0.15) is 0 Å². The number of amidine groups is 1. The third-order valence-electron chi connectivity index (χ3n) is 2.27. The van der Waals surface area contributed by atoms with Crippen molar-refractivity contribution in [3.05, 3.63) is 53.4 Å². The second kappa shape index (κ2) is 5.67. The van der Waals surface area contributed by atoms with Crippen molar-refractivity contribution < 1.29 is 19.3 Å². The van der Waals surface area contributed by atoms with Crippen molar-refractivity contribution in [1.29, 1.82) is 0 Å². The van der Waals surface area contributed by atoms with E-state index in [1.165, 1.54) is 18.3 Å². The van der Waals surface area contributed by atoms with E-state index in [1.54, 1.807) is 18.2 Å². The average Bonchev–Trinajstić information content (AvgIpc) is 2.92. The van der Waals surface area contributed by atoms with Crippen LogP contribution in [0, 0.1) is 0 Å². The van der Waals surface area contributed by atoms with Crippen molar-refractivity contribution in [2.75, 3.05) is 0 Å². The van der Waals surface area contributed by atoms with E-state index in [4.69, 9.17) is 20.2 Å². The van der Waals surface area contributed by atoms with E-state index in [1.807, 2.05) is 0 Å². The number of rotatable bonds is 5. The highest BCUT2D eigenvalue weighted by Crippen LogP contribution is 2.06. The van der Waals surface area contributed by atoms with Crippen molar-refractivity contribution in [2.24, 2.45) is 10.9 Å². The topological polar surface area (TPSA) is 111 Å². The summed E-state index contributed by atoms with van der Waals surface area (Å²) in [6.45, 7) is 0.0965. The summed E-state index contributed by atoms with van der Waals surface area (Å²) in [4.78, 5) is 15.8. The third kappa shape index (κ3) is 3.32. The maximum Gasteiger partial charge on any atom is 0.335 e. The van der Waals surface area contributed by atoms with Gasteiger partial charge in [0.05, 0.1) is 11.8 Å². The van der Waals surface area contributed by atoms with Gasteiger partial charge in [0.15, 0.2) is 18.2 Å². The zero-order valence-electron chi connectivity index (χ0n) is 9.81. The van der Waals surface area contributed by atoms with Gasteiger partial charge in [0, 0.05) is 11.6 Å². The van der Waals surface area contributed by atoms with Crippen LogP contribution in [0.5, 0.6) is 0 Å². The summed E-state index contributed by atoms with van der Waals surface area (Å²) in [6.07, 6.45) is 1.49. The van der Waals surface area contributed by atoms with Crippen LogP contribution in [0.25, 0.3) is 0 Å². The summed E-state index contributed by atoms with van der Waals surface area (Å²) < 4.78 is 4.81. The van der Waals surface area contributed by atoms with E-state index in [0.717, 1.165) is 0 Å². The van der Waals surface area contributed by atoms with Gasteiger partial charge in [0.2, 0.25) is 0 Å². The minimum absolute atomic E-state index is 0.0858. The number of oxime groups is 1. The first-order valence-corrected chi connectivity index (χ1v) is 5.35. The number of aromatic carboxylic acids is 1. The molecule has 0 unspecified atom stereocenters. The first kappa shape index (κ1) is 12.6. The molecule has 0 aliphatic rings. The molecule has 0 saturated heterocycles. The lowest BCUT2D eigenvalue weighted by Crippen LogP contribution is -2.14. The van der Waals surface area contributed by atoms with Gasteiger partial charge in [-0.2, -0.15) is 0 Å². The van der Waals surface area contributed by atoms with Crippen LogP contribution in [0.3, 0.4) is 0 Å². The van der Waals surface area contributed by atoms with Crippen LogP contribution in [-0.4, -0.2) is 22.1 Å². The zero-order valence-corrected chi connectivity index (χ0v) is 9.81. The van der Waals surface area contributed by atoms with Gasteiger partial charge >= 0.3 is 5.97 Å². The molecule has 0 spiro atoms. The van der Waals surface area contributed by atoms with E-state index in [-0.39, 0.29) is 18.0 Å². The third-order valence-corrected chi connectivity index (χ3v) is 2.27. The Balaban J connectivity index is 2.04. The Hall–Kier alpha value is -2.83. The number of hydrogen-bond donors (Lipinski definition) is 2. The van der Waals surface area contributed by atoms with Crippen LogP contribution < -0.4 is 5.73 Å². The summed E-state index contributed by atoms with van der Waals surface area (Å²) in [7, 11) is 0. The normalized spacial score (nSPS) is 11.3.